The highest BCUT2D eigenvalue weighted by Gasteiger charge is 2.21. The lowest BCUT2D eigenvalue weighted by Crippen LogP contribution is -2.44. The highest BCUT2D eigenvalue weighted by atomic mass is 32.1. The Balaban J connectivity index is 2.19. The molecule has 2 aromatic rings. The molecule has 0 aromatic carbocycles. The number of anilines is 1. The first-order valence-corrected chi connectivity index (χ1v) is 6.94. The summed E-state index contributed by atoms with van der Waals surface area (Å²) in [6, 6.07) is 1.08. The van der Waals surface area contributed by atoms with Gasteiger partial charge in [-0.25, -0.2) is 0 Å². The molecule has 0 aliphatic heterocycles. The number of amides is 2. The molecule has 8 heteroatoms. The zero-order valence-corrected chi connectivity index (χ0v) is 12.0. The van der Waals surface area contributed by atoms with E-state index in [2.05, 4.69) is 20.8 Å². The van der Waals surface area contributed by atoms with Gasteiger partial charge in [-0.15, -0.1) is 16.4 Å². The van der Waals surface area contributed by atoms with Crippen molar-refractivity contribution >= 4 is 39.1 Å². The average molecular weight is 293 g/mol. The summed E-state index contributed by atoms with van der Waals surface area (Å²) in [5.41, 5.74) is 6.29. The van der Waals surface area contributed by atoms with Gasteiger partial charge in [-0.05, 0) is 19.9 Å². The van der Waals surface area contributed by atoms with Crippen LogP contribution in [0.25, 0.3) is 10.2 Å². The normalized spacial score (nSPS) is 12.1. The number of nitrogens with one attached hydrogen (secondary N) is 2. The Morgan fingerprint density at radius 3 is 2.90 bits per heavy atom. The molecule has 0 aliphatic carbocycles. The number of carbonyl (C=O) groups excluding carboxylic acids is 2. The number of hydrogen-bond acceptors (Lipinski definition) is 6. The maximum absolute atomic E-state index is 12.1. The maximum Gasteiger partial charge on any atom is 0.264 e. The van der Waals surface area contributed by atoms with Crippen LogP contribution >= 0.6 is 11.3 Å². The van der Waals surface area contributed by atoms with Crippen molar-refractivity contribution in [2.45, 2.75) is 19.9 Å². The first kappa shape index (κ1) is 14.2. The van der Waals surface area contributed by atoms with Crippen LogP contribution in [0.5, 0.6) is 0 Å². The van der Waals surface area contributed by atoms with Gasteiger partial charge in [0, 0.05) is 11.9 Å². The molecule has 2 aromatic heterocycles. The van der Waals surface area contributed by atoms with E-state index in [1.807, 2.05) is 6.92 Å². The fourth-order valence-corrected chi connectivity index (χ4v) is 2.64. The molecule has 0 saturated carbocycles. The monoisotopic (exact) mass is 293 g/mol. The summed E-state index contributed by atoms with van der Waals surface area (Å²) in [7, 11) is 0. The number of rotatable bonds is 4. The van der Waals surface area contributed by atoms with Crippen LogP contribution in [0.3, 0.4) is 0 Å². The number of thiophene rings is 1. The third-order valence-electron chi connectivity index (χ3n) is 2.72. The number of nitrogens with two attached hydrogens (primary N) is 1. The Labute approximate surface area is 119 Å². The molecule has 0 aliphatic rings. The van der Waals surface area contributed by atoms with E-state index in [9.17, 15) is 9.59 Å². The molecule has 0 radical (unpaired) electrons. The van der Waals surface area contributed by atoms with Gasteiger partial charge in [0.05, 0.1) is 11.9 Å². The lowest BCUT2D eigenvalue weighted by atomic mass is 10.2. The molecule has 0 bridgehead atoms. The topological polar surface area (TPSA) is 110 Å². The van der Waals surface area contributed by atoms with Crippen LogP contribution in [-0.4, -0.2) is 34.6 Å². The van der Waals surface area contributed by atoms with Gasteiger partial charge in [0.25, 0.3) is 5.91 Å². The van der Waals surface area contributed by atoms with Crippen LogP contribution in [0.2, 0.25) is 0 Å². The van der Waals surface area contributed by atoms with Crippen LogP contribution in [0.1, 0.15) is 23.5 Å². The first-order chi connectivity index (χ1) is 9.54. The van der Waals surface area contributed by atoms with Gasteiger partial charge in [-0.3, -0.25) is 9.59 Å². The van der Waals surface area contributed by atoms with Crippen molar-refractivity contribution in [3.8, 4) is 0 Å². The SMILES string of the molecule is CCNC(=O)C(C)NC(=O)c1sc2nnccc2c1N. The van der Waals surface area contributed by atoms with E-state index < -0.39 is 6.04 Å². The molecule has 1 unspecified atom stereocenters. The van der Waals surface area contributed by atoms with Gasteiger partial charge in [0.2, 0.25) is 5.91 Å². The minimum absolute atomic E-state index is 0.236. The smallest absolute Gasteiger partial charge is 0.264 e. The van der Waals surface area contributed by atoms with Gasteiger partial charge in [-0.2, -0.15) is 5.10 Å². The van der Waals surface area contributed by atoms with Crippen LogP contribution in [0.15, 0.2) is 12.3 Å². The Bertz CT molecular complexity index is 654. The largest absolute Gasteiger partial charge is 0.397 e. The van der Waals surface area contributed by atoms with Gasteiger partial charge in [-0.1, -0.05) is 0 Å². The fourth-order valence-electron chi connectivity index (χ4n) is 1.70. The minimum Gasteiger partial charge on any atom is -0.397 e. The molecule has 20 heavy (non-hydrogen) atoms. The molecule has 7 nitrogen and oxygen atoms in total. The quantitative estimate of drug-likeness (QED) is 0.761. The van der Waals surface area contributed by atoms with Crippen LogP contribution < -0.4 is 16.4 Å². The van der Waals surface area contributed by atoms with Gasteiger partial charge in [0.15, 0.2) is 0 Å². The predicted molar refractivity (Wildman–Crippen MR) is 77.4 cm³/mol. The third kappa shape index (κ3) is 2.69. The van der Waals surface area contributed by atoms with Gasteiger partial charge >= 0.3 is 0 Å². The lowest BCUT2D eigenvalue weighted by molar-refractivity contribution is -0.122. The van der Waals surface area contributed by atoms with Gasteiger partial charge in [0.1, 0.15) is 15.7 Å². The van der Waals surface area contributed by atoms with Crippen molar-refractivity contribution < 1.29 is 9.59 Å². The molecule has 2 rings (SSSR count). The van der Waals surface area contributed by atoms with E-state index in [4.69, 9.17) is 5.73 Å². The number of nitrogens with zero attached hydrogens (tertiary/aromatic N) is 2. The number of carbonyl (C=O) groups is 2. The summed E-state index contributed by atoms with van der Waals surface area (Å²) in [4.78, 5) is 24.7. The van der Waals surface area contributed by atoms with Crippen molar-refractivity contribution in [3.05, 3.63) is 17.1 Å². The molecule has 0 spiro atoms. The average Bonchev–Trinajstić information content (AvgIpc) is 2.77. The molecule has 1 atom stereocenters. The number of aromatic nitrogens is 2. The molecule has 0 fully saturated rings. The summed E-state index contributed by atoms with van der Waals surface area (Å²) < 4.78 is 0. The van der Waals surface area contributed by atoms with E-state index in [0.29, 0.717) is 27.3 Å². The Morgan fingerprint density at radius 1 is 1.50 bits per heavy atom. The van der Waals surface area contributed by atoms with E-state index in [1.165, 1.54) is 6.20 Å². The van der Waals surface area contributed by atoms with Crippen molar-refractivity contribution in [3.63, 3.8) is 0 Å². The summed E-state index contributed by atoms with van der Waals surface area (Å²) >= 11 is 1.16. The van der Waals surface area contributed by atoms with E-state index >= 15 is 0 Å². The van der Waals surface area contributed by atoms with Crippen molar-refractivity contribution in [1.82, 2.24) is 20.8 Å². The summed E-state index contributed by atoms with van der Waals surface area (Å²) in [6.07, 6.45) is 1.52. The Morgan fingerprint density at radius 2 is 2.25 bits per heavy atom. The highest BCUT2D eigenvalue weighted by Crippen LogP contribution is 2.31. The minimum atomic E-state index is -0.627. The number of nitrogen functional groups attached to an aromatic ring is 1. The second kappa shape index (κ2) is 5.83. The second-order valence-electron chi connectivity index (χ2n) is 4.18. The summed E-state index contributed by atoms with van der Waals surface area (Å²) in [5, 5.41) is 13.6. The van der Waals surface area contributed by atoms with Crippen molar-refractivity contribution in [1.29, 1.82) is 0 Å². The fraction of sp³-hybridized carbons (Fsp3) is 0.333. The molecule has 4 N–H and O–H groups in total. The first-order valence-electron chi connectivity index (χ1n) is 6.12. The van der Waals surface area contributed by atoms with Crippen LogP contribution in [0, 0.1) is 0 Å². The molecule has 106 valence electrons. The Hall–Kier alpha value is -2.22. The van der Waals surface area contributed by atoms with Crippen LogP contribution in [-0.2, 0) is 4.79 Å². The van der Waals surface area contributed by atoms with Gasteiger partial charge < -0.3 is 16.4 Å². The van der Waals surface area contributed by atoms with E-state index in [1.54, 1.807) is 13.0 Å². The molecular weight excluding hydrogens is 278 g/mol. The summed E-state index contributed by atoms with van der Waals surface area (Å²) in [6.45, 7) is 3.95. The standard InChI is InChI=1S/C12H15N5O2S/c1-3-14-10(18)6(2)16-11(19)9-8(13)7-4-5-15-17-12(7)20-9/h4-6H,3,13H2,1-2H3,(H,14,18)(H,16,19). The maximum atomic E-state index is 12.1. The molecule has 2 heterocycles. The third-order valence-corrected chi connectivity index (χ3v) is 3.82. The predicted octanol–water partition coefficient (Wildman–Crippen LogP) is 0.528. The lowest BCUT2D eigenvalue weighted by Gasteiger charge is -2.12. The molecule has 0 saturated heterocycles. The number of fused-ring (bicyclic) bond motifs is 1. The second-order valence-corrected chi connectivity index (χ2v) is 5.18. The summed E-state index contributed by atoms with van der Waals surface area (Å²) in [5.74, 6) is -0.621. The van der Waals surface area contributed by atoms with Crippen molar-refractivity contribution in [2.75, 3.05) is 12.3 Å². The molecular formula is C12H15N5O2S. The number of hydrogen-bond donors (Lipinski definition) is 3. The number of likely N-dealkylation sites (N-methyl/N-ethyl adjacent to an activating group) is 1. The van der Waals surface area contributed by atoms with Crippen molar-refractivity contribution in [2.24, 2.45) is 0 Å². The van der Waals surface area contributed by atoms with E-state index in [0.717, 1.165) is 11.3 Å². The van der Waals surface area contributed by atoms with E-state index in [-0.39, 0.29) is 11.8 Å². The zero-order valence-electron chi connectivity index (χ0n) is 11.1. The zero-order chi connectivity index (χ0) is 14.7. The Kier molecular flexibility index (Phi) is 4.14. The molecule has 2 amide bonds. The van der Waals surface area contributed by atoms with Crippen LogP contribution in [0.4, 0.5) is 5.69 Å². The highest BCUT2D eigenvalue weighted by molar-refractivity contribution is 7.21.